The summed E-state index contributed by atoms with van der Waals surface area (Å²) in [6, 6.07) is 14.2. The molecular weight excluding hydrogens is 350 g/mol. The van der Waals surface area contributed by atoms with E-state index in [2.05, 4.69) is 41.8 Å². The van der Waals surface area contributed by atoms with Gasteiger partial charge in [-0.3, -0.25) is 9.59 Å². The molecular formula is C23H32N3O2+. The lowest BCUT2D eigenvalue weighted by Crippen LogP contribution is -3.11. The molecule has 2 aromatic rings. The first kappa shape index (κ1) is 21.6. The molecule has 1 unspecified atom stereocenters. The van der Waals surface area contributed by atoms with E-state index in [1.807, 2.05) is 46.0 Å². The van der Waals surface area contributed by atoms with Crippen molar-refractivity contribution < 1.29 is 14.5 Å². The summed E-state index contributed by atoms with van der Waals surface area (Å²) in [6.07, 6.45) is 0. The highest BCUT2D eigenvalue weighted by Crippen LogP contribution is 2.21. The fraction of sp³-hybridized carbons (Fsp3) is 0.391. The Morgan fingerprint density at radius 1 is 0.964 bits per heavy atom. The average Bonchev–Trinajstić information content (AvgIpc) is 2.63. The Labute approximate surface area is 168 Å². The van der Waals surface area contributed by atoms with Gasteiger partial charge in [-0.2, -0.15) is 0 Å². The molecule has 28 heavy (non-hydrogen) atoms. The summed E-state index contributed by atoms with van der Waals surface area (Å²) >= 11 is 0. The Morgan fingerprint density at radius 3 is 2.14 bits per heavy atom. The molecule has 2 rings (SSSR count). The molecule has 0 heterocycles. The maximum absolute atomic E-state index is 12.4. The first-order valence-corrected chi connectivity index (χ1v) is 9.77. The van der Waals surface area contributed by atoms with Crippen molar-refractivity contribution in [1.82, 2.24) is 5.32 Å². The van der Waals surface area contributed by atoms with Crippen molar-refractivity contribution in [2.24, 2.45) is 0 Å². The topological polar surface area (TPSA) is 62.6 Å². The molecule has 0 aromatic heterocycles. The smallest absolute Gasteiger partial charge is 0.279 e. The van der Waals surface area contributed by atoms with Crippen LogP contribution in [0.2, 0.25) is 0 Å². The first-order chi connectivity index (χ1) is 13.3. The number of carbonyl (C=O) groups excluding carboxylic acids is 2. The number of hydrogen-bond donors (Lipinski definition) is 3. The molecule has 0 saturated heterocycles. The Balaban J connectivity index is 1.79. The molecule has 3 N–H and O–H groups in total. The van der Waals surface area contributed by atoms with Crippen LogP contribution < -0.4 is 15.5 Å². The van der Waals surface area contributed by atoms with Crippen molar-refractivity contribution in [2.75, 3.05) is 32.0 Å². The minimum atomic E-state index is -0.0852. The normalized spacial score (nSPS) is 12.9. The minimum Gasteiger partial charge on any atom is -0.351 e. The summed E-state index contributed by atoms with van der Waals surface area (Å²) < 4.78 is 0. The average molecular weight is 383 g/mol. The van der Waals surface area contributed by atoms with E-state index in [9.17, 15) is 9.59 Å². The number of likely N-dealkylation sites (N-methyl/N-ethyl adjacent to an activating group) is 1. The van der Waals surface area contributed by atoms with Gasteiger partial charge in [0.25, 0.3) is 11.8 Å². The third-order valence-corrected chi connectivity index (χ3v) is 4.84. The molecule has 150 valence electrons. The van der Waals surface area contributed by atoms with Crippen molar-refractivity contribution in [3.8, 4) is 0 Å². The molecule has 0 saturated carbocycles. The van der Waals surface area contributed by atoms with Crippen LogP contribution in [0.25, 0.3) is 0 Å². The van der Waals surface area contributed by atoms with Gasteiger partial charge in [0.2, 0.25) is 0 Å². The van der Waals surface area contributed by atoms with Gasteiger partial charge in [0.05, 0.1) is 7.05 Å². The third-order valence-electron chi connectivity index (χ3n) is 4.84. The largest absolute Gasteiger partial charge is 0.351 e. The SMILES string of the molecule is Cc1cc(C)c(NC(=O)C[NH+](C)CC(=O)NC[C@@H](C)c2ccccc2)c(C)c1. The number of amides is 2. The number of hydrogen-bond acceptors (Lipinski definition) is 2. The van der Waals surface area contributed by atoms with E-state index >= 15 is 0 Å². The van der Waals surface area contributed by atoms with E-state index in [1.165, 1.54) is 11.1 Å². The molecule has 0 aliphatic rings. The van der Waals surface area contributed by atoms with Crippen molar-refractivity contribution in [2.45, 2.75) is 33.6 Å². The second kappa shape index (κ2) is 10.0. The monoisotopic (exact) mass is 382 g/mol. The highest BCUT2D eigenvalue weighted by molar-refractivity contribution is 5.93. The molecule has 2 aromatic carbocycles. The third kappa shape index (κ3) is 6.50. The molecule has 0 radical (unpaired) electrons. The van der Waals surface area contributed by atoms with Gasteiger partial charge >= 0.3 is 0 Å². The van der Waals surface area contributed by atoms with Crippen LogP contribution in [-0.2, 0) is 9.59 Å². The van der Waals surface area contributed by atoms with Crippen LogP contribution in [0, 0.1) is 20.8 Å². The highest BCUT2D eigenvalue weighted by atomic mass is 16.2. The van der Waals surface area contributed by atoms with Gasteiger partial charge in [-0.15, -0.1) is 0 Å². The Morgan fingerprint density at radius 2 is 1.54 bits per heavy atom. The number of carbonyl (C=O) groups is 2. The van der Waals surface area contributed by atoms with Gasteiger partial charge in [0.1, 0.15) is 0 Å². The highest BCUT2D eigenvalue weighted by Gasteiger charge is 2.16. The molecule has 2 amide bonds. The lowest BCUT2D eigenvalue weighted by Gasteiger charge is -2.17. The number of quaternary nitrogens is 1. The standard InChI is InChI=1S/C23H31N3O2/c1-16-11-17(2)23(18(3)12-16)25-22(28)15-26(5)14-21(27)24-13-19(4)20-9-7-6-8-10-20/h6-12,19H,13-15H2,1-5H3,(H,24,27)(H,25,28)/p+1/t19-/m1/s1. The van der Waals surface area contributed by atoms with E-state index in [1.54, 1.807) is 0 Å². The molecule has 5 nitrogen and oxygen atoms in total. The molecule has 5 heteroatoms. The second-order valence-corrected chi connectivity index (χ2v) is 7.75. The number of anilines is 1. The van der Waals surface area contributed by atoms with E-state index in [-0.39, 0.29) is 30.8 Å². The zero-order chi connectivity index (χ0) is 20.7. The summed E-state index contributed by atoms with van der Waals surface area (Å²) in [6.45, 7) is 9.22. The van der Waals surface area contributed by atoms with E-state index in [0.29, 0.717) is 6.54 Å². The van der Waals surface area contributed by atoms with Crippen LogP contribution in [0.3, 0.4) is 0 Å². The number of aryl methyl sites for hydroxylation is 3. The second-order valence-electron chi connectivity index (χ2n) is 7.75. The number of rotatable bonds is 8. The van der Waals surface area contributed by atoms with Crippen LogP contribution in [0.4, 0.5) is 5.69 Å². The van der Waals surface area contributed by atoms with Gasteiger partial charge < -0.3 is 15.5 Å². The molecule has 2 atom stereocenters. The van der Waals surface area contributed by atoms with E-state index in [4.69, 9.17) is 0 Å². The Kier molecular flexibility index (Phi) is 7.76. The van der Waals surface area contributed by atoms with Crippen LogP contribution >= 0.6 is 0 Å². The van der Waals surface area contributed by atoms with Crippen LogP contribution in [-0.4, -0.2) is 38.5 Å². The molecule has 0 bridgehead atoms. The van der Waals surface area contributed by atoms with Crippen molar-refractivity contribution in [1.29, 1.82) is 0 Å². The van der Waals surface area contributed by atoms with E-state index in [0.717, 1.165) is 21.7 Å². The zero-order valence-electron chi connectivity index (χ0n) is 17.6. The maximum Gasteiger partial charge on any atom is 0.279 e. The van der Waals surface area contributed by atoms with Crippen molar-refractivity contribution in [3.63, 3.8) is 0 Å². The lowest BCUT2D eigenvalue weighted by molar-refractivity contribution is -0.862. The van der Waals surface area contributed by atoms with Gasteiger partial charge in [0, 0.05) is 12.2 Å². The molecule has 0 spiro atoms. The van der Waals surface area contributed by atoms with Crippen LogP contribution in [0.5, 0.6) is 0 Å². The predicted octanol–water partition coefficient (Wildman–Crippen LogP) is 1.98. The zero-order valence-corrected chi connectivity index (χ0v) is 17.6. The molecule has 0 aliphatic carbocycles. The summed E-state index contributed by atoms with van der Waals surface area (Å²) in [5.41, 5.74) is 5.35. The lowest BCUT2D eigenvalue weighted by atomic mass is 10.0. The van der Waals surface area contributed by atoms with Gasteiger partial charge in [-0.1, -0.05) is 55.0 Å². The summed E-state index contributed by atoms with van der Waals surface area (Å²) in [7, 11) is 1.86. The first-order valence-electron chi connectivity index (χ1n) is 9.77. The summed E-state index contributed by atoms with van der Waals surface area (Å²) in [5, 5.41) is 5.96. The minimum absolute atomic E-state index is 0.0456. The van der Waals surface area contributed by atoms with Crippen molar-refractivity contribution >= 4 is 17.5 Å². The number of nitrogens with one attached hydrogen (secondary N) is 3. The quantitative estimate of drug-likeness (QED) is 0.654. The summed E-state index contributed by atoms with van der Waals surface area (Å²) in [4.78, 5) is 25.4. The molecule has 0 fully saturated rings. The van der Waals surface area contributed by atoms with Gasteiger partial charge in [0.15, 0.2) is 13.1 Å². The Hall–Kier alpha value is -2.66. The van der Waals surface area contributed by atoms with Gasteiger partial charge in [-0.05, 0) is 43.4 Å². The fourth-order valence-corrected chi connectivity index (χ4v) is 3.40. The molecule has 0 aliphatic heterocycles. The maximum atomic E-state index is 12.4. The van der Waals surface area contributed by atoms with Crippen LogP contribution in [0.1, 0.15) is 35.1 Å². The van der Waals surface area contributed by atoms with Crippen LogP contribution in [0.15, 0.2) is 42.5 Å². The van der Waals surface area contributed by atoms with Crippen molar-refractivity contribution in [3.05, 3.63) is 64.7 Å². The number of benzene rings is 2. The Bertz CT molecular complexity index is 795. The summed E-state index contributed by atoms with van der Waals surface area (Å²) in [5.74, 6) is 0.120. The van der Waals surface area contributed by atoms with Gasteiger partial charge in [-0.25, -0.2) is 0 Å². The fourth-order valence-electron chi connectivity index (χ4n) is 3.40. The predicted molar refractivity (Wildman–Crippen MR) is 114 cm³/mol. The van der Waals surface area contributed by atoms with E-state index < -0.39 is 0 Å².